The van der Waals surface area contributed by atoms with E-state index in [9.17, 15) is 14.7 Å². The summed E-state index contributed by atoms with van der Waals surface area (Å²) >= 11 is 0. The van der Waals surface area contributed by atoms with Crippen LogP contribution in [0.15, 0.2) is 30.7 Å². The average Bonchev–Trinajstić information content (AvgIpc) is 2.81. The fourth-order valence-corrected chi connectivity index (χ4v) is 3.11. The van der Waals surface area contributed by atoms with Gasteiger partial charge >= 0.3 is 5.97 Å². The van der Waals surface area contributed by atoms with E-state index < -0.39 is 17.3 Å². The van der Waals surface area contributed by atoms with E-state index in [1.165, 1.54) is 0 Å². The second-order valence-corrected chi connectivity index (χ2v) is 5.87. The molecule has 0 saturated heterocycles. The average molecular weight is 301 g/mol. The number of fused-ring (bicyclic) bond motifs is 1. The molecule has 0 unspecified atom stereocenters. The monoisotopic (exact) mass is 301 g/mol. The lowest BCUT2D eigenvalue weighted by atomic mass is 9.79. The quantitative estimate of drug-likeness (QED) is 0.674. The fourth-order valence-electron chi connectivity index (χ4n) is 3.11. The van der Waals surface area contributed by atoms with Crippen molar-refractivity contribution in [2.75, 3.05) is 5.32 Å². The van der Waals surface area contributed by atoms with Crippen LogP contribution >= 0.6 is 0 Å². The van der Waals surface area contributed by atoms with Gasteiger partial charge in [-0.15, -0.1) is 0 Å². The lowest BCUT2D eigenvalue weighted by Gasteiger charge is -2.26. The Kier molecular flexibility index (Phi) is 3.83. The van der Waals surface area contributed by atoms with Gasteiger partial charge in [-0.25, -0.2) is 4.98 Å². The van der Waals surface area contributed by atoms with Crippen molar-refractivity contribution < 1.29 is 14.7 Å². The van der Waals surface area contributed by atoms with Crippen LogP contribution < -0.4 is 5.32 Å². The molecule has 2 N–H and O–H groups in total. The van der Waals surface area contributed by atoms with E-state index in [2.05, 4.69) is 10.3 Å². The summed E-state index contributed by atoms with van der Waals surface area (Å²) in [6, 6.07) is 3.53. The summed E-state index contributed by atoms with van der Waals surface area (Å²) < 4.78 is 1.79. The molecule has 3 rings (SSSR count). The number of carbonyl (C=O) groups is 2. The van der Waals surface area contributed by atoms with E-state index in [-0.39, 0.29) is 0 Å². The van der Waals surface area contributed by atoms with Gasteiger partial charge < -0.3 is 14.8 Å². The first kappa shape index (κ1) is 14.6. The van der Waals surface area contributed by atoms with Gasteiger partial charge in [-0.1, -0.05) is 25.7 Å². The third-order valence-electron chi connectivity index (χ3n) is 4.45. The summed E-state index contributed by atoms with van der Waals surface area (Å²) in [6.45, 7) is 0. The number of aromatic nitrogens is 2. The third kappa shape index (κ3) is 2.56. The summed E-state index contributed by atoms with van der Waals surface area (Å²) in [7, 11) is 0. The van der Waals surface area contributed by atoms with E-state index >= 15 is 0 Å². The number of amides is 1. The highest BCUT2D eigenvalue weighted by Crippen LogP contribution is 2.36. The normalized spacial score (nSPS) is 17.8. The van der Waals surface area contributed by atoms with Crippen molar-refractivity contribution in [2.45, 2.75) is 38.5 Å². The van der Waals surface area contributed by atoms with Crippen LogP contribution in [0.1, 0.15) is 38.5 Å². The van der Waals surface area contributed by atoms with Crippen molar-refractivity contribution in [3.8, 4) is 0 Å². The van der Waals surface area contributed by atoms with Crippen LogP contribution in [0.2, 0.25) is 0 Å². The smallest absolute Gasteiger partial charge is 0.319 e. The molecule has 116 valence electrons. The van der Waals surface area contributed by atoms with Crippen molar-refractivity contribution in [1.82, 2.24) is 9.38 Å². The van der Waals surface area contributed by atoms with Crippen molar-refractivity contribution >= 4 is 23.2 Å². The van der Waals surface area contributed by atoms with Crippen LogP contribution in [0.5, 0.6) is 0 Å². The van der Waals surface area contributed by atoms with Crippen LogP contribution in [0, 0.1) is 5.41 Å². The maximum absolute atomic E-state index is 12.6. The molecule has 1 saturated carbocycles. The number of nitrogens with one attached hydrogen (secondary N) is 1. The second kappa shape index (κ2) is 5.79. The molecule has 0 bridgehead atoms. The maximum Gasteiger partial charge on any atom is 0.319 e. The molecule has 0 atom stereocenters. The minimum absolute atomic E-state index is 0.404. The Bertz CT molecular complexity index is 699. The molecule has 6 nitrogen and oxygen atoms in total. The zero-order valence-corrected chi connectivity index (χ0v) is 12.3. The molecule has 2 heterocycles. The second-order valence-electron chi connectivity index (χ2n) is 5.87. The Morgan fingerprint density at radius 2 is 1.91 bits per heavy atom. The zero-order valence-electron chi connectivity index (χ0n) is 12.3. The molecule has 1 fully saturated rings. The van der Waals surface area contributed by atoms with Crippen molar-refractivity contribution in [3.63, 3.8) is 0 Å². The van der Waals surface area contributed by atoms with Crippen LogP contribution in [-0.4, -0.2) is 26.4 Å². The SMILES string of the molecule is O=C(O)C1(C(=O)Nc2ccc3nccn3c2)CCCCCC1. The molecule has 0 spiro atoms. The molecule has 0 radical (unpaired) electrons. The minimum Gasteiger partial charge on any atom is -0.480 e. The first-order valence-corrected chi connectivity index (χ1v) is 7.59. The zero-order chi connectivity index (χ0) is 15.6. The van der Waals surface area contributed by atoms with E-state index in [1.54, 1.807) is 35.1 Å². The molecule has 2 aromatic rings. The van der Waals surface area contributed by atoms with Gasteiger partial charge in [-0.05, 0) is 25.0 Å². The number of carboxylic acid groups (broad SMARTS) is 1. The number of pyridine rings is 1. The standard InChI is InChI=1S/C16H19N3O3/c20-14(16(15(21)22)7-3-1-2-4-8-16)18-12-5-6-13-17-9-10-19(13)11-12/h5-6,9-11H,1-4,7-8H2,(H,18,20)(H,21,22). The highest BCUT2D eigenvalue weighted by molar-refractivity contribution is 6.08. The predicted octanol–water partition coefficient (Wildman–Crippen LogP) is 2.70. The summed E-state index contributed by atoms with van der Waals surface area (Å²) in [5.74, 6) is -1.43. The summed E-state index contributed by atoms with van der Waals surface area (Å²) in [5.41, 5.74) is 0.0567. The Morgan fingerprint density at radius 3 is 2.59 bits per heavy atom. The minimum atomic E-state index is -1.31. The summed E-state index contributed by atoms with van der Waals surface area (Å²) in [5, 5.41) is 12.4. The van der Waals surface area contributed by atoms with Crippen LogP contribution in [0.3, 0.4) is 0 Å². The van der Waals surface area contributed by atoms with Gasteiger partial charge in [0.25, 0.3) is 0 Å². The van der Waals surface area contributed by atoms with Gasteiger partial charge in [0.1, 0.15) is 11.1 Å². The topological polar surface area (TPSA) is 83.7 Å². The van der Waals surface area contributed by atoms with Gasteiger partial charge in [-0.2, -0.15) is 0 Å². The Morgan fingerprint density at radius 1 is 1.18 bits per heavy atom. The molecule has 1 amide bonds. The lowest BCUT2D eigenvalue weighted by Crippen LogP contribution is -2.42. The number of imidazole rings is 1. The highest BCUT2D eigenvalue weighted by Gasteiger charge is 2.45. The summed E-state index contributed by atoms with van der Waals surface area (Å²) in [6.07, 6.45) is 9.54. The van der Waals surface area contributed by atoms with Gasteiger partial charge in [0.05, 0.1) is 5.69 Å². The fraction of sp³-hybridized carbons (Fsp3) is 0.438. The van der Waals surface area contributed by atoms with Crippen molar-refractivity contribution in [2.24, 2.45) is 5.41 Å². The number of hydrogen-bond acceptors (Lipinski definition) is 3. The Hall–Kier alpha value is -2.37. The van der Waals surface area contributed by atoms with Crippen LogP contribution in [0.25, 0.3) is 5.65 Å². The van der Waals surface area contributed by atoms with E-state index in [0.717, 1.165) is 31.3 Å². The van der Waals surface area contributed by atoms with Gasteiger partial charge in [0.15, 0.2) is 0 Å². The molecular weight excluding hydrogens is 282 g/mol. The highest BCUT2D eigenvalue weighted by atomic mass is 16.4. The molecule has 1 aliphatic rings. The van der Waals surface area contributed by atoms with Gasteiger partial charge in [0.2, 0.25) is 5.91 Å². The maximum atomic E-state index is 12.6. The largest absolute Gasteiger partial charge is 0.480 e. The number of carbonyl (C=O) groups excluding carboxylic acids is 1. The van der Waals surface area contributed by atoms with Gasteiger partial charge in [-0.3, -0.25) is 9.59 Å². The van der Waals surface area contributed by atoms with Crippen molar-refractivity contribution in [1.29, 1.82) is 0 Å². The first-order chi connectivity index (χ1) is 10.6. The molecule has 6 heteroatoms. The van der Waals surface area contributed by atoms with E-state index in [4.69, 9.17) is 0 Å². The number of anilines is 1. The summed E-state index contributed by atoms with van der Waals surface area (Å²) in [4.78, 5) is 28.5. The van der Waals surface area contributed by atoms with Crippen molar-refractivity contribution in [3.05, 3.63) is 30.7 Å². The van der Waals surface area contributed by atoms with E-state index in [1.807, 2.05) is 0 Å². The number of hydrogen-bond donors (Lipinski definition) is 2. The Labute approximate surface area is 128 Å². The molecule has 2 aromatic heterocycles. The van der Waals surface area contributed by atoms with Gasteiger partial charge in [0, 0.05) is 18.6 Å². The predicted molar refractivity (Wildman–Crippen MR) is 81.6 cm³/mol. The lowest BCUT2D eigenvalue weighted by molar-refractivity contribution is -0.155. The molecule has 22 heavy (non-hydrogen) atoms. The van der Waals surface area contributed by atoms with Crippen LogP contribution in [-0.2, 0) is 9.59 Å². The number of rotatable bonds is 3. The molecule has 0 aromatic carbocycles. The molecule has 1 aliphatic carbocycles. The van der Waals surface area contributed by atoms with Crippen LogP contribution in [0.4, 0.5) is 5.69 Å². The van der Waals surface area contributed by atoms with E-state index in [0.29, 0.717) is 18.5 Å². The first-order valence-electron chi connectivity index (χ1n) is 7.59. The Balaban J connectivity index is 1.85. The molecular formula is C16H19N3O3. The number of nitrogens with zero attached hydrogens (tertiary/aromatic N) is 2. The number of aliphatic carboxylic acids is 1. The number of carboxylic acids is 1. The third-order valence-corrected chi connectivity index (χ3v) is 4.45. The molecule has 0 aliphatic heterocycles.